The molecule has 0 unspecified atom stereocenters. The molecule has 0 radical (unpaired) electrons. The Morgan fingerprint density at radius 2 is 2.40 bits per heavy atom. The van der Waals surface area contributed by atoms with Gasteiger partial charge in [0, 0.05) is 24.6 Å². The molecule has 0 atom stereocenters. The summed E-state index contributed by atoms with van der Waals surface area (Å²) < 4.78 is 5.14. The second-order valence-electron chi connectivity index (χ2n) is 3.74. The third-order valence-corrected chi connectivity index (χ3v) is 2.30. The van der Waals surface area contributed by atoms with E-state index in [-0.39, 0.29) is 17.3 Å². The van der Waals surface area contributed by atoms with Crippen LogP contribution in [-0.2, 0) is 0 Å². The molecule has 2 aromatic rings. The molecule has 0 saturated heterocycles. The van der Waals surface area contributed by atoms with Crippen molar-refractivity contribution in [1.29, 1.82) is 5.26 Å². The van der Waals surface area contributed by atoms with Gasteiger partial charge in [-0.05, 0) is 0 Å². The predicted molar refractivity (Wildman–Crippen MR) is 70.3 cm³/mol. The van der Waals surface area contributed by atoms with Crippen molar-refractivity contribution in [1.82, 2.24) is 4.98 Å². The highest BCUT2D eigenvalue weighted by atomic mass is 16.6. The molecule has 0 spiro atoms. The minimum Gasteiger partial charge on any atom is -0.422 e. The number of aromatic nitrogens is 1. The normalized spacial score (nSPS) is 10.4. The third-order valence-electron chi connectivity index (χ3n) is 2.30. The minimum absolute atomic E-state index is 0.0258. The fourth-order valence-electron chi connectivity index (χ4n) is 1.46. The van der Waals surface area contributed by atoms with Gasteiger partial charge >= 0.3 is 0 Å². The van der Waals surface area contributed by atoms with Gasteiger partial charge in [0.25, 0.3) is 11.6 Å². The van der Waals surface area contributed by atoms with Crippen LogP contribution in [0.3, 0.4) is 0 Å². The average Bonchev–Trinajstić information content (AvgIpc) is 2.79. The number of nitro groups is 1. The highest BCUT2D eigenvalue weighted by Gasteiger charge is 2.09. The summed E-state index contributed by atoms with van der Waals surface area (Å²) in [6, 6.07) is 7.84. The Morgan fingerprint density at radius 1 is 1.60 bits per heavy atom. The van der Waals surface area contributed by atoms with E-state index >= 15 is 0 Å². The Hall–Kier alpha value is -3.21. The van der Waals surface area contributed by atoms with Gasteiger partial charge in [-0.3, -0.25) is 10.1 Å². The first kappa shape index (κ1) is 13.2. The quantitative estimate of drug-likeness (QED) is 0.517. The van der Waals surface area contributed by atoms with Gasteiger partial charge in [0.1, 0.15) is 6.07 Å². The van der Waals surface area contributed by atoms with Crippen LogP contribution in [0.1, 0.15) is 17.1 Å². The summed E-state index contributed by atoms with van der Waals surface area (Å²) >= 11 is 0. The van der Waals surface area contributed by atoms with Crippen molar-refractivity contribution in [2.24, 2.45) is 5.10 Å². The van der Waals surface area contributed by atoms with E-state index in [1.165, 1.54) is 18.3 Å². The Balaban J connectivity index is 2.12. The molecule has 8 heteroatoms. The molecule has 0 bridgehead atoms. The maximum Gasteiger partial charge on any atom is 0.270 e. The summed E-state index contributed by atoms with van der Waals surface area (Å²) in [6.07, 6.45) is 1.38. The van der Waals surface area contributed by atoms with Gasteiger partial charge in [0.05, 0.1) is 11.1 Å². The van der Waals surface area contributed by atoms with Crippen molar-refractivity contribution in [2.75, 3.05) is 5.43 Å². The second-order valence-corrected chi connectivity index (χ2v) is 3.74. The van der Waals surface area contributed by atoms with Gasteiger partial charge in [-0.1, -0.05) is 12.1 Å². The molecule has 8 nitrogen and oxygen atoms in total. The van der Waals surface area contributed by atoms with Gasteiger partial charge in [-0.15, -0.1) is 0 Å². The number of hydrazone groups is 1. The lowest BCUT2D eigenvalue weighted by Gasteiger charge is -1.95. The zero-order valence-electron chi connectivity index (χ0n) is 10.4. The van der Waals surface area contributed by atoms with E-state index in [4.69, 9.17) is 9.68 Å². The molecule has 0 fully saturated rings. The van der Waals surface area contributed by atoms with Crippen LogP contribution in [0.5, 0.6) is 0 Å². The van der Waals surface area contributed by atoms with E-state index in [1.54, 1.807) is 19.1 Å². The molecule has 1 aromatic carbocycles. The molecule has 0 amide bonds. The molecule has 0 saturated carbocycles. The highest BCUT2D eigenvalue weighted by molar-refractivity contribution is 5.81. The van der Waals surface area contributed by atoms with Crippen LogP contribution in [0.4, 0.5) is 11.6 Å². The maximum atomic E-state index is 10.6. The largest absolute Gasteiger partial charge is 0.422 e. The lowest BCUT2D eigenvalue weighted by molar-refractivity contribution is -0.384. The number of oxazole rings is 1. The summed E-state index contributed by atoms with van der Waals surface area (Å²) in [5, 5.41) is 23.3. The Bertz CT molecular complexity index is 714. The van der Waals surface area contributed by atoms with Crippen molar-refractivity contribution < 1.29 is 9.34 Å². The van der Waals surface area contributed by atoms with Crippen LogP contribution in [0.15, 0.2) is 33.8 Å². The van der Waals surface area contributed by atoms with Crippen molar-refractivity contribution in [3.63, 3.8) is 0 Å². The summed E-state index contributed by atoms with van der Waals surface area (Å²) in [5.74, 6) is 0.473. The van der Waals surface area contributed by atoms with Gasteiger partial charge < -0.3 is 4.42 Å². The van der Waals surface area contributed by atoms with Crippen LogP contribution in [0.25, 0.3) is 0 Å². The topological polar surface area (TPSA) is 117 Å². The summed E-state index contributed by atoms with van der Waals surface area (Å²) in [6.45, 7) is 1.61. The average molecular weight is 271 g/mol. The SMILES string of the molecule is Cc1nc(C#N)c(N/N=C/c2cccc([N+](=O)[O-])c2)o1. The standard InChI is InChI=1S/C12H9N5O3/c1-8-15-11(6-13)12(20-8)16-14-7-9-3-2-4-10(5-9)17(18)19/h2-5,7,16H,1H3/b14-7+. The number of nitrogens with zero attached hydrogens (tertiary/aromatic N) is 4. The van der Waals surface area contributed by atoms with Crippen molar-refractivity contribution in [3.05, 3.63) is 51.5 Å². The molecule has 0 aliphatic rings. The predicted octanol–water partition coefficient (Wildman–Crippen LogP) is 2.21. The second kappa shape index (κ2) is 5.62. The lowest BCUT2D eigenvalue weighted by Crippen LogP contribution is -1.93. The van der Waals surface area contributed by atoms with Crippen LogP contribution < -0.4 is 5.43 Å². The number of anilines is 1. The molecule has 0 aliphatic heterocycles. The van der Waals surface area contributed by atoms with Crippen LogP contribution in [-0.4, -0.2) is 16.1 Å². The van der Waals surface area contributed by atoms with Crippen molar-refractivity contribution in [2.45, 2.75) is 6.92 Å². The number of nitriles is 1. The number of nitro benzene ring substituents is 1. The molecular formula is C12H9N5O3. The van der Waals surface area contributed by atoms with Crippen molar-refractivity contribution in [3.8, 4) is 6.07 Å². The summed E-state index contributed by atoms with van der Waals surface area (Å²) in [7, 11) is 0. The zero-order valence-corrected chi connectivity index (χ0v) is 10.4. The highest BCUT2D eigenvalue weighted by Crippen LogP contribution is 2.16. The first-order valence-corrected chi connectivity index (χ1v) is 5.51. The number of nitrogens with one attached hydrogen (secondary N) is 1. The molecule has 0 aliphatic carbocycles. The smallest absolute Gasteiger partial charge is 0.270 e. The van der Waals surface area contributed by atoms with Crippen LogP contribution >= 0.6 is 0 Å². The Labute approximate surface area is 113 Å². The van der Waals surface area contributed by atoms with E-state index in [0.29, 0.717) is 11.5 Å². The maximum absolute atomic E-state index is 10.6. The molecule has 1 N–H and O–H groups in total. The minimum atomic E-state index is -0.488. The van der Waals surface area contributed by atoms with Crippen molar-refractivity contribution >= 4 is 17.8 Å². The number of benzene rings is 1. The lowest BCUT2D eigenvalue weighted by atomic mass is 10.2. The van der Waals surface area contributed by atoms with E-state index in [9.17, 15) is 10.1 Å². The van der Waals surface area contributed by atoms with E-state index in [2.05, 4.69) is 15.5 Å². The summed E-state index contributed by atoms with van der Waals surface area (Å²) in [5.41, 5.74) is 3.14. The Morgan fingerprint density at radius 3 is 3.10 bits per heavy atom. The van der Waals surface area contributed by atoms with Gasteiger partial charge in [0.15, 0.2) is 5.89 Å². The number of rotatable bonds is 4. The van der Waals surface area contributed by atoms with Gasteiger partial charge in [-0.25, -0.2) is 10.4 Å². The fourth-order valence-corrected chi connectivity index (χ4v) is 1.46. The number of hydrogen-bond donors (Lipinski definition) is 1. The van der Waals surface area contributed by atoms with Crippen LogP contribution in [0.2, 0.25) is 0 Å². The summed E-state index contributed by atoms with van der Waals surface area (Å²) in [4.78, 5) is 14.0. The first-order chi connectivity index (χ1) is 9.60. The van der Waals surface area contributed by atoms with Crippen LogP contribution in [0, 0.1) is 28.4 Å². The third kappa shape index (κ3) is 2.97. The number of non-ortho nitro benzene ring substituents is 1. The van der Waals surface area contributed by atoms with E-state index in [0.717, 1.165) is 0 Å². The van der Waals surface area contributed by atoms with Gasteiger partial charge in [0.2, 0.25) is 5.69 Å². The zero-order chi connectivity index (χ0) is 14.5. The first-order valence-electron chi connectivity index (χ1n) is 5.51. The molecule has 100 valence electrons. The van der Waals surface area contributed by atoms with E-state index in [1.807, 2.05) is 6.07 Å². The molecule has 1 heterocycles. The molecular weight excluding hydrogens is 262 g/mol. The number of hydrogen-bond acceptors (Lipinski definition) is 7. The molecule has 20 heavy (non-hydrogen) atoms. The van der Waals surface area contributed by atoms with Gasteiger partial charge in [-0.2, -0.15) is 10.4 Å². The van der Waals surface area contributed by atoms with E-state index < -0.39 is 4.92 Å². The molecule has 2 rings (SSSR count). The monoisotopic (exact) mass is 271 g/mol. The number of aryl methyl sites for hydroxylation is 1. The fraction of sp³-hybridized carbons (Fsp3) is 0.0833. The Kier molecular flexibility index (Phi) is 3.72. The molecule has 1 aromatic heterocycles.